The number of nitro benzene ring substituents is 1. The first-order chi connectivity index (χ1) is 13.6. The van der Waals surface area contributed by atoms with Gasteiger partial charge in [0, 0.05) is 56.8 Å². The molecule has 1 aliphatic heterocycles. The van der Waals surface area contributed by atoms with Crippen molar-refractivity contribution in [3.63, 3.8) is 0 Å². The van der Waals surface area contributed by atoms with Crippen molar-refractivity contribution < 1.29 is 9.72 Å². The number of piperazine rings is 1. The maximum atomic E-state index is 12.5. The second kappa shape index (κ2) is 7.67. The Morgan fingerprint density at radius 3 is 2.46 bits per heavy atom. The molecule has 1 fully saturated rings. The Kier molecular flexibility index (Phi) is 4.92. The summed E-state index contributed by atoms with van der Waals surface area (Å²) in [5, 5.41) is 10.8. The summed E-state index contributed by atoms with van der Waals surface area (Å²) in [7, 11) is 0. The molecule has 1 N–H and O–H groups in total. The van der Waals surface area contributed by atoms with E-state index in [1.54, 1.807) is 12.1 Å². The highest BCUT2D eigenvalue weighted by molar-refractivity contribution is 5.77. The van der Waals surface area contributed by atoms with Crippen molar-refractivity contribution in [1.29, 1.82) is 0 Å². The lowest BCUT2D eigenvalue weighted by atomic mass is 10.2. The Morgan fingerprint density at radius 1 is 1.07 bits per heavy atom. The van der Waals surface area contributed by atoms with E-state index in [4.69, 9.17) is 0 Å². The standard InChI is InChI=1S/C20H21N5O3/c26-20(10-9-19-21-17-3-1-2-4-18(17)22-19)24-13-11-23(12-14-24)15-5-7-16(8-6-15)25(27)28/h1-8H,9-14H2,(H,21,22). The van der Waals surface area contributed by atoms with Crippen molar-refractivity contribution in [2.24, 2.45) is 0 Å². The number of anilines is 1. The average molecular weight is 379 g/mol. The number of fused-ring (bicyclic) bond motifs is 1. The predicted octanol–water partition coefficient (Wildman–Crippen LogP) is 2.75. The second-order valence-corrected chi connectivity index (χ2v) is 6.84. The minimum Gasteiger partial charge on any atom is -0.368 e. The molecule has 8 nitrogen and oxygen atoms in total. The summed E-state index contributed by atoms with van der Waals surface area (Å²) in [5.74, 6) is 0.961. The predicted molar refractivity (Wildman–Crippen MR) is 106 cm³/mol. The molecule has 0 unspecified atom stereocenters. The van der Waals surface area contributed by atoms with Crippen LogP contribution in [0.15, 0.2) is 48.5 Å². The number of aryl methyl sites for hydroxylation is 1. The van der Waals surface area contributed by atoms with Gasteiger partial charge < -0.3 is 14.8 Å². The lowest BCUT2D eigenvalue weighted by molar-refractivity contribution is -0.384. The molecule has 4 rings (SSSR count). The van der Waals surface area contributed by atoms with Gasteiger partial charge in [-0.05, 0) is 24.3 Å². The van der Waals surface area contributed by atoms with E-state index in [-0.39, 0.29) is 11.6 Å². The van der Waals surface area contributed by atoms with Crippen LogP contribution in [-0.2, 0) is 11.2 Å². The summed E-state index contributed by atoms with van der Waals surface area (Å²) in [5.41, 5.74) is 2.94. The highest BCUT2D eigenvalue weighted by Crippen LogP contribution is 2.21. The molecule has 0 aliphatic carbocycles. The smallest absolute Gasteiger partial charge is 0.269 e. The maximum absolute atomic E-state index is 12.5. The number of aromatic nitrogens is 2. The van der Waals surface area contributed by atoms with Crippen LogP contribution in [0.25, 0.3) is 11.0 Å². The summed E-state index contributed by atoms with van der Waals surface area (Å²) < 4.78 is 0. The number of nitrogens with one attached hydrogen (secondary N) is 1. The Bertz CT molecular complexity index is 958. The summed E-state index contributed by atoms with van der Waals surface area (Å²) in [4.78, 5) is 34.7. The van der Waals surface area contributed by atoms with Crippen molar-refractivity contribution >= 4 is 28.3 Å². The summed E-state index contributed by atoms with van der Waals surface area (Å²) in [6.07, 6.45) is 1.02. The molecule has 0 spiro atoms. The van der Waals surface area contributed by atoms with E-state index in [0.717, 1.165) is 22.5 Å². The number of nitrogens with zero attached hydrogens (tertiary/aromatic N) is 4. The SMILES string of the molecule is O=C(CCc1nc2ccccc2[nH]1)N1CCN(c2ccc([N+](=O)[O-])cc2)CC1. The van der Waals surface area contributed by atoms with Crippen molar-refractivity contribution in [2.75, 3.05) is 31.1 Å². The van der Waals surface area contributed by atoms with E-state index in [9.17, 15) is 14.9 Å². The molecule has 2 heterocycles. The number of non-ortho nitro benzene ring substituents is 1. The van der Waals surface area contributed by atoms with Crippen LogP contribution in [-0.4, -0.2) is 51.9 Å². The Labute approximate surface area is 161 Å². The molecule has 2 aromatic carbocycles. The molecular formula is C20H21N5O3. The number of aromatic amines is 1. The van der Waals surface area contributed by atoms with Gasteiger partial charge in [-0.25, -0.2) is 4.98 Å². The first-order valence-electron chi connectivity index (χ1n) is 9.31. The van der Waals surface area contributed by atoms with Crippen LogP contribution in [0.1, 0.15) is 12.2 Å². The van der Waals surface area contributed by atoms with Gasteiger partial charge in [-0.3, -0.25) is 14.9 Å². The van der Waals surface area contributed by atoms with Crippen LogP contribution in [0.5, 0.6) is 0 Å². The molecule has 8 heteroatoms. The summed E-state index contributed by atoms with van der Waals surface area (Å²) >= 11 is 0. The minimum atomic E-state index is -0.400. The number of carbonyl (C=O) groups excluding carboxylic acids is 1. The zero-order chi connectivity index (χ0) is 19.5. The van der Waals surface area contributed by atoms with E-state index < -0.39 is 4.92 Å². The fourth-order valence-corrected chi connectivity index (χ4v) is 3.51. The van der Waals surface area contributed by atoms with E-state index in [1.807, 2.05) is 29.2 Å². The van der Waals surface area contributed by atoms with Crippen LogP contribution >= 0.6 is 0 Å². The number of nitro groups is 1. The molecule has 1 saturated heterocycles. The van der Waals surface area contributed by atoms with Gasteiger partial charge in [-0.1, -0.05) is 12.1 Å². The van der Waals surface area contributed by atoms with Crippen LogP contribution in [0.3, 0.4) is 0 Å². The highest BCUT2D eigenvalue weighted by atomic mass is 16.6. The van der Waals surface area contributed by atoms with E-state index in [1.165, 1.54) is 12.1 Å². The van der Waals surface area contributed by atoms with E-state index >= 15 is 0 Å². The molecule has 0 radical (unpaired) electrons. The van der Waals surface area contributed by atoms with Crippen molar-refractivity contribution in [3.05, 3.63) is 64.5 Å². The van der Waals surface area contributed by atoms with Gasteiger partial charge in [-0.15, -0.1) is 0 Å². The number of carbonyl (C=O) groups is 1. The van der Waals surface area contributed by atoms with E-state index in [2.05, 4.69) is 14.9 Å². The van der Waals surface area contributed by atoms with Gasteiger partial charge in [-0.2, -0.15) is 0 Å². The molecular weight excluding hydrogens is 358 g/mol. The minimum absolute atomic E-state index is 0.0863. The Balaban J connectivity index is 1.29. The molecule has 0 atom stereocenters. The molecule has 144 valence electrons. The van der Waals surface area contributed by atoms with Gasteiger partial charge in [0.2, 0.25) is 5.91 Å². The summed E-state index contributed by atoms with van der Waals surface area (Å²) in [6.45, 7) is 2.73. The quantitative estimate of drug-likeness (QED) is 0.543. The third kappa shape index (κ3) is 3.80. The normalized spacial score (nSPS) is 14.4. The van der Waals surface area contributed by atoms with Crippen LogP contribution in [0.2, 0.25) is 0 Å². The Morgan fingerprint density at radius 2 is 1.79 bits per heavy atom. The van der Waals surface area contributed by atoms with E-state index in [0.29, 0.717) is 39.0 Å². The molecule has 1 amide bonds. The zero-order valence-corrected chi connectivity index (χ0v) is 15.4. The summed E-state index contributed by atoms with van der Waals surface area (Å²) in [6, 6.07) is 14.4. The van der Waals surface area contributed by atoms with Crippen molar-refractivity contribution in [1.82, 2.24) is 14.9 Å². The fraction of sp³-hybridized carbons (Fsp3) is 0.300. The molecule has 3 aromatic rings. The molecule has 0 bridgehead atoms. The molecule has 1 aliphatic rings. The largest absolute Gasteiger partial charge is 0.368 e. The van der Waals surface area contributed by atoms with Crippen LogP contribution in [0.4, 0.5) is 11.4 Å². The van der Waals surface area contributed by atoms with Gasteiger partial charge in [0.05, 0.1) is 16.0 Å². The maximum Gasteiger partial charge on any atom is 0.269 e. The topological polar surface area (TPSA) is 95.4 Å². The number of amides is 1. The lowest BCUT2D eigenvalue weighted by Gasteiger charge is -2.36. The van der Waals surface area contributed by atoms with Crippen molar-refractivity contribution in [2.45, 2.75) is 12.8 Å². The molecule has 0 saturated carbocycles. The second-order valence-electron chi connectivity index (χ2n) is 6.84. The monoisotopic (exact) mass is 379 g/mol. The number of rotatable bonds is 5. The zero-order valence-electron chi connectivity index (χ0n) is 15.4. The number of benzene rings is 2. The van der Waals surface area contributed by atoms with Crippen LogP contribution < -0.4 is 4.90 Å². The van der Waals surface area contributed by atoms with Crippen molar-refractivity contribution in [3.8, 4) is 0 Å². The third-order valence-corrected chi connectivity index (χ3v) is 5.07. The van der Waals surface area contributed by atoms with Gasteiger partial charge in [0.1, 0.15) is 5.82 Å². The number of imidazole rings is 1. The van der Waals surface area contributed by atoms with Gasteiger partial charge >= 0.3 is 0 Å². The number of hydrogen-bond donors (Lipinski definition) is 1. The number of H-pyrrole nitrogens is 1. The van der Waals surface area contributed by atoms with Gasteiger partial charge in [0.25, 0.3) is 5.69 Å². The first kappa shape index (κ1) is 18.0. The van der Waals surface area contributed by atoms with Gasteiger partial charge in [0.15, 0.2) is 0 Å². The Hall–Kier alpha value is -3.42. The third-order valence-electron chi connectivity index (χ3n) is 5.07. The lowest BCUT2D eigenvalue weighted by Crippen LogP contribution is -2.48. The first-order valence-corrected chi connectivity index (χ1v) is 9.31. The number of hydrogen-bond acceptors (Lipinski definition) is 5. The highest BCUT2D eigenvalue weighted by Gasteiger charge is 2.21. The fourth-order valence-electron chi connectivity index (χ4n) is 3.51. The molecule has 28 heavy (non-hydrogen) atoms. The van der Waals surface area contributed by atoms with Crippen LogP contribution in [0, 0.1) is 10.1 Å². The average Bonchev–Trinajstić information content (AvgIpc) is 3.15. The molecule has 1 aromatic heterocycles. The number of para-hydroxylation sites is 2.